The number of ether oxygens (including phenoxy) is 1. The lowest BCUT2D eigenvalue weighted by atomic mass is 10.1. The molecule has 0 fully saturated rings. The van der Waals surface area contributed by atoms with Crippen molar-refractivity contribution in [1.29, 1.82) is 0 Å². The minimum atomic E-state index is -0.241. The Morgan fingerprint density at radius 1 is 0.950 bits per heavy atom. The average Bonchev–Trinajstić information content (AvgIpc) is 2.37. The number of rotatable bonds is 1. The second-order valence-electron chi connectivity index (χ2n) is 5.80. The van der Waals surface area contributed by atoms with Gasteiger partial charge in [0, 0.05) is 20.2 Å². The Labute approximate surface area is 121 Å². The van der Waals surface area contributed by atoms with Crippen molar-refractivity contribution in [3.05, 3.63) is 52.7 Å². The van der Waals surface area contributed by atoms with Crippen LogP contribution in [0.15, 0.2) is 47.3 Å². The molecule has 20 heavy (non-hydrogen) atoms. The molecule has 0 atom stereocenters. The minimum absolute atomic E-state index is 0.0941. The van der Waals surface area contributed by atoms with Crippen LogP contribution >= 0.6 is 11.3 Å². The van der Waals surface area contributed by atoms with E-state index < -0.39 is 0 Å². The molecule has 0 saturated carbocycles. The van der Waals surface area contributed by atoms with Crippen molar-refractivity contribution in [2.75, 3.05) is 0 Å². The molecule has 3 heteroatoms. The van der Waals surface area contributed by atoms with Crippen LogP contribution in [0.5, 0.6) is 5.75 Å². The largest absolute Gasteiger partial charge is 0.488 e. The molecule has 2 aromatic carbocycles. The molecule has 0 spiro atoms. The molecule has 102 valence electrons. The Morgan fingerprint density at radius 3 is 2.40 bits per heavy atom. The van der Waals surface area contributed by atoms with Crippen LogP contribution in [0.2, 0.25) is 0 Å². The highest BCUT2D eigenvalue weighted by atomic mass is 32.1. The SMILES string of the molecule is CC(C)(C)Oc1ccc2c(=O)c3ccccc3sc2c1. The molecule has 3 rings (SSSR count). The van der Waals surface area contributed by atoms with Gasteiger partial charge in [-0.1, -0.05) is 12.1 Å². The van der Waals surface area contributed by atoms with Gasteiger partial charge >= 0.3 is 0 Å². The first-order chi connectivity index (χ1) is 9.44. The summed E-state index contributed by atoms with van der Waals surface area (Å²) in [6, 6.07) is 13.4. The number of benzene rings is 2. The summed E-state index contributed by atoms with van der Waals surface area (Å²) in [5.41, 5.74) is -0.146. The van der Waals surface area contributed by atoms with Gasteiger partial charge < -0.3 is 4.74 Å². The zero-order valence-electron chi connectivity index (χ0n) is 11.8. The highest BCUT2D eigenvalue weighted by Crippen LogP contribution is 2.28. The van der Waals surface area contributed by atoms with E-state index in [2.05, 4.69) is 0 Å². The molecule has 3 aromatic rings. The predicted octanol–water partition coefficient (Wildman–Crippen LogP) is 4.59. The van der Waals surface area contributed by atoms with Crippen molar-refractivity contribution in [1.82, 2.24) is 0 Å². The second kappa shape index (κ2) is 4.60. The normalized spacial score (nSPS) is 11.9. The molecule has 0 bridgehead atoms. The van der Waals surface area contributed by atoms with Crippen molar-refractivity contribution < 1.29 is 4.74 Å². The van der Waals surface area contributed by atoms with Crippen LogP contribution in [-0.2, 0) is 0 Å². The van der Waals surface area contributed by atoms with Crippen molar-refractivity contribution in [3.63, 3.8) is 0 Å². The Kier molecular flexibility index (Phi) is 3.02. The van der Waals surface area contributed by atoms with E-state index in [-0.39, 0.29) is 11.0 Å². The van der Waals surface area contributed by atoms with Gasteiger partial charge in [-0.15, -0.1) is 11.3 Å². The summed E-state index contributed by atoms with van der Waals surface area (Å²) in [6.07, 6.45) is 0. The van der Waals surface area contributed by atoms with E-state index in [1.54, 1.807) is 11.3 Å². The van der Waals surface area contributed by atoms with E-state index in [1.165, 1.54) is 0 Å². The molecule has 1 heterocycles. The first kappa shape index (κ1) is 13.1. The molecule has 0 radical (unpaired) electrons. The standard InChI is InChI=1S/C17H16O2S/c1-17(2,3)19-11-8-9-13-15(10-11)20-14-7-5-4-6-12(14)16(13)18/h4-10H,1-3H3. The van der Waals surface area contributed by atoms with Gasteiger partial charge in [0.15, 0.2) is 5.43 Å². The fourth-order valence-electron chi connectivity index (χ4n) is 2.20. The van der Waals surface area contributed by atoms with Crippen LogP contribution in [0.25, 0.3) is 20.2 Å². The first-order valence-corrected chi connectivity index (χ1v) is 7.40. The van der Waals surface area contributed by atoms with Gasteiger partial charge in [0.2, 0.25) is 0 Å². The van der Waals surface area contributed by atoms with E-state index in [0.29, 0.717) is 0 Å². The molecule has 1 aromatic heterocycles. The van der Waals surface area contributed by atoms with Crippen LogP contribution < -0.4 is 10.2 Å². The van der Waals surface area contributed by atoms with E-state index in [0.717, 1.165) is 25.9 Å². The molecular formula is C17H16O2S. The van der Waals surface area contributed by atoms with Gasteiger partial charge in [0.25, 0.3) is 0 Å². The molecule has 0 unspecified atom stereocenters. The number of hydrogen-bond donors (Lipinski definition) is 0. The summed E-state index contributed by atoms with van der Waals surface area (Å²) in [5.74, 6) is 0.802. The molecule has 2 nitrogen and oxygen atoms in total. The maximum absolute atomic E-state index is 12.5. The number of fused-ring (bicyclic) bond motifs is 2. The van der Waals surface area contributed by atoms with E-state index in [9.17, 15) is 4.79 Å². The molecule has 0 aliphatic carbocycles. The molecular weight excluding hydrogens is 268 g/mol. The lowest BCUT2D eigenvalue weighted by molar-refractivity contribution is 0.131. The van der Waals surface area contributed by atoms with Crippen molar-refractivity contribution in [2.45, 2.75) is 26.4 Å². The van der Waals surface area contributed by atoms with Gasteiger partial charge in [-0.2, -0.15) is 0 Å². The maximum atomic E-state index is 12.5. The molecule has 0 N–H and O–H groups in total. The highest BCUT2D eigenvalue weighted by Gasteiger charge is 2.13. The van der Waals surface area contributed by atoms with Gasteiger partial charge in [-0.25, -0.2) is 0 Å². The maximum Gasteiger partial charge on any atom is 0.195 e. The summed E-state index contributed by atoms with van der Waals surface area (Å²) in [4.78, 5) is 12.5. The fraction of sp³-hybridized carbons (Fsp3) is 0.235. The molecule has 0 aliphatic rings. The molecule has 0 aliphatic heterocycles. The van der Waals surface area contributed by atoms with Crippen LogP contribution in [0.3, 0.4) is 0 Å². The zero-order chi connectivity index (χ0) is 14.3. The Balaban J connectivity index is 2.25. The van der Waals surface area contributed by atoms with Crippen molar-refractivity contribution in [3.8, 4) is 5.75 Å². The van der Waals surface area contributed by atoms with Gasteiger partial charge in [-0.05, 0) is 51.1 Å². The first-order valence-electron chi connectivity index (χ1n) is 6.59. The van der Waals surface area contributed by atoms with E-state index in [1.807, 2.05) is 63.2 Å². The summed E-state index contributed by atoms with van der Waals surface area (Å²) in [7, 11) is 0. The fourth-order valence-corrected chi connectivity index (χ4v) is 3.30. The third kappa shape index (κ3) is 2.41. The molecule has 0 amide bonds. The minimum Gasteiger partial charge on any atom is -0.488 e. The van der Waals surface area contributed by atoms with Gasteiger partial charge in [0.1, 0.15) is 11.4 Å². The average molecular weight is 284 g/mol. The lowest BCUT2D eigenvalue weighted by Crippen LogP contribution is -2.22. The summed E-state index contributed by atoms with van der Waals surface area (Å²) in [5, 5.41) is 1.55. The van der Waals surface area contributed by atoms with Crippen LogP contribution in [0, 0.1) is 0 Å². The predicted molar refractivity (Wildman–Crippen MR) is 86.0 cm³/mol. The second-order valence-corrected chi connectivity index (χ2v) is 6.88. The van der Waals surface area contributed by atoms with Gasteiger partial charge in [0.05, 0.1) is 0 Å². The number of hydrogen-bond acceptors (Lipinski definition) is 3. The topological polar surface area (TPSA) is 26.3 Å². The summed E-state index contributed by atoms with van der Waals surface area (Å²) in [6.45, 7) is 6.04. The molecule has 0 saturated heterocycles. The Hall–Kier alpha value is -1.87. The summed E-state index contributed by atoms with van der Waals surface area (Å²) < 4.78 is 7.85. The highest BCUT2D eigenvalue weighted by molar-refractivity contribution is 7.24. The summed E-state index contributed by atoms with van der Waals surface area (Å²) >= 11 is 1.63. The lowest BCUT2D eigenvalue weighted by Gasteiger charge is -2.21. The van der Waals surface area contributed by atoms with Crippen LogP contribution in [-0.4, -0.2) is 5.60 Å². The smallest absolute Gasteiger partial charge is 0.195 e. The van der Waals surface area contributed by atoms with E-state index >= 15 is 0 Å². The Bertz CT molecular complexity index is 841. The quantitative estimate of drug-likeness (QED) is 0.611. The van der Waals surface area contributed by atoms with Gasteiger partial charge in [-0.3, -0.25) is 4.79 Å². The third-order valence-corrected chi connectivity index (χ3v) is 4.11. The van der Waals surface area contributed by atoms with Crippen molar-refractivity contribution >= 4 is 31.5 Å². The monoisotopic (exact) mass is 284 g/mol. The third-order valence-electron chi connectivity index (χ3n) is 2.97. The van der Waals surface area contributed by atoms with Crippen LogP contribution in [0.1, 0.15) is 20.8 Å². The zero-order valence-corrected chi connectivity index (χ0v) is 12.6. The van der Waals surface area contributed by atoms with Crippen LogP contribution in [0.4, 0.5) is 0 Å². The van der Waals surface area contributed by atoms with Crippen molar-refractivity contribution in [2.24, 2.45) is 0 Å². The van der Waals surface area contributed by atoms with E-state index in [4.69, 9.17) is 4.74 Å². The Morgan fingerprint density at radius 2 is 1.65 bits per heavy atom.